The van der Waals surface area contributed by atoms with Gasteiger partial charge >= 0.3 is 11.4 Å². The van der Waals surface area contributed by atoms with E-state index >= 15 is 0 Å². The molecule has 0 rings (SSSR count). The van der Waals surface area contributed by atoms with Crippen LogP contribution in [0.1, 0.15) is 1.43 Å². The van der Waals surface area contributed by atoms with E-state index in [0.717, 1.165) is 0 Å². The van der Waals surface area contributed by atoms with E-state index in [4.69, 9.17) is 0 Å². The van der Waals surface area contributed by atoms with Gasteiger partial charge in [-0.15, -0.1) is 0 Å². The molecule has 0 bridgehead atoms. The average Bonchev–Trinajstić information content (AvgIpc) is 1.41. The molecule has 5 heavy (non-hydrogen) atoms. The van der Waals surface area contributed by atoms with E-state index < -0.39 is 10.0 Å². The first-order valence-electron chi connectivity index (χ1n) is 1.39. The standard InChI is InChI=1S/C2H8O2Si/c1-3-5-4-2/h5H2,1-2H3/p+1. The Hall–Kier alpha value is 0.137. The first-order chi connectivity index (χ1) is 2.41. The summed E-state index contributed by atoms with van der Waals surface area (Å²) in [4.78, 5) is 0. The molecule has 32 valence electrons. The first-order valence-corrected chi connectivity index (χ1v) is 2.55. The third kappa shape index (κ3) is 4.14. The lowest BCUT2D eigenvalue weighted by Crippen LogP contribution is -1.93. The minimum absolute atomic E-state index is 0. The van der Waals surface area contributed by atoms with Crippen LogP contribution in [0.4, 0.5) is 0 Å². The van der Waals surface area contributed by atoms with Crippen LogP contribution < -0.4 is 0 Å². The molecule has 0 unspecified atom stereocenters. The summed E-state index contributed by atoms with van der Waals surface area (Å²) >= 11 is 0. The quantitative estimate of drug-likeness (QED) is 0.424. The van der Waals surface area contributed by atoms with Crippen molar-refractivity contribution in [3.63, 3.8) is 0 Å². The molecular formula is C2H9O2Si+. The molecule has 0 spiro atoms. The molecule has 3 heteroatoms. The van der Waals surface area contributed by atoms with Gasteiger partial charge in [0, 0.05) is 14.2 Å². The predicted octanol–water partition coefficient (Wildman–Crippen LogP) is -0.610. The molecule has 0 saturated carbocycles. The number of hydrogen-bond acceptors (Lipinski definition) is 2. The predicted molar refractivity (Wildman–Crippen MR) is 23.7 cm³/mol. The Morgan fingerprint density at radius 3 is 1.80 bits per heavy atom. The van der Waals surface area contributed by atoms with Crippen molar-refractivity contribution in [3.05, 3.63) is 0 Å². The molecule has 0 aliphatic carbocycles. The Labute approximate surface area is 35.6 Å². The van der Waals surface area contributed by atoms with Crippen LogP contribution in [0.25, 0.3) is 0 Å². The highest BCUT2D eigenvalue weighted by molar-refractivity contribution is 6.17. The van der Waals surface area contributed by atoms with Gasteiger partial charge in [-0.2, -0.15) is 0 Å². The van der Waals surface area contributed by atoms with Gasteiger partial charge in [0.15, 0.2) is 0 Å². The van der Waals surface area contributed by atoms with Crippen molar-refractivity contribution >= 4 is 10.0 Å². The molecule has 0 aromatic rings. The van der Waals surface area contributed by atoms with Crippen molar-refractivity contribution in [2.24, 2.45) is 0 Å². The second-order valence-corrected chi connectivity index (χ2v) is 2.09. The van der Waals surface area contributed by atoms with Crippen molar-refractivity contribution in [2.75, 3.05) is 14.2 Å². The Morgan fingerprint density at radius 2 is 1.80 bits per heavy atom. The van der Waals surface area contributed by atoms with Gasteiger partial charge in [0.05, 0.1) is 0 Å². The Morgan fingerprint density at radius 1 is 1.40 bits per heavy atom. The molecular weight excluding hydrogens is 84.1 g/mol. The van der Waals surface area contributed by atoms with Crippen LogP contribution >= 0.6 is 0 Å². The fraction of sp³-hybridized carbons (Fsp3) is 1.00. The van der Waals surface area contributed by atoms with Gasteiger partial charge in [-0.1, -0.05) is 0 Å². The van der Waals surface area contributed by atoms with E-state index in [-0.39, 0.29) is 1.43 Å². The largest absolute Gasteiger partial charge is 1.00 e. The second-order valence-electron chi connectivity index (χ2n) is 0.695. The summed E-state index contributed by atoms with van der Waals surface area (Å²) in [6.07, 6.45) is 0. The van der Waals surface area contributed by atoms with Crippen molar-refractivity contribution < 1.29 is 10.3 Å². The highest BCUT2D eigenvalue weighted by Crippen LogP contribution is 1.55. The molecule has 0 atom stereocenters. The van der Waals surface area contributed by atoms with E-state index in [9.17, 15) is 0 Å². The van der Waals surface area contributed by atoms with Crippen molar-refractivity contribution in [3.8, 4) is 0 Å². The minimum Gasteiger partial charge on any atom is -0.402 e. The summed E-state index contributed by atoms with van der Waals surface area (Å²) in [6, 6.07) is 0. The van der Waals surface area contributed by atoms with Crippen LogP contribution in [0.15, 0.2) is 0 Å². The minimum atomic E-state index is -0.568. The lowest BCUT2D eigenvalue weighted by molar-refractivity contribution is 0.309. The lowest BCUT2D eigenvalue weighted by Gasteiger charge is -1.86. The topological polar surface area (TPSA) is 18.5 Å². The molecule has 0 N–H and O–H groups in total. The van der Waals surface area contributed by atoms with Crippen molar-refractivity contribution in [1.29, 1.82) is 0 Å². The van der Waals surface area contributed by atoms with Crippen LogP contribution in [0.2, 0.25) is 0 Å². The maximum absolute atomic E-state index is 4.61. The second kappa shape index (κ2) is 4.14. The third-order valence-electron chi connectivity index (χ3n) is 0.236. The van der Waals surface area contributed by atoms with E-state index in [0.29, 0.717) is 0 Å². The lowest BCUT2D eigenvalue weighted by atomic mass is 11.8. The molecule has 0 amide bonds. The van der Waals surface area contributed by atoms with Gasteiger partial charge in [0.2, 0.25) is 0 Å². The summed E-state index contributed by atoms with van der Waals surface area (Å²) in [5.41, 5.74) is 0. The molecule has 0 aromatic heterocycles. The van der Waals surface area contributed by atoms with Crippen LogP contribution in [0.5, 0.6) is 0 Å². The average molecular weight is 93.2 g/mol. The molecule has 0 heterocycles. The summed E-state index contributed by atoms with van der Waals surface area (Å²) in [5, 5.41) is 0. The summed E-state index contributed by atoms with van der Waals surface area (Å²) in [7, 11) is 2.73. The highest BCUT2D eigenvalue weighted by Gasteiger charge is 1.67. The fourth-order valence-electron chi connectivity index (χ4n) is 0.118. The first kappa shape index (κ1) is 5.14. The normalized spacial score (nSPS) is 8.40. The number of hydrogen-bond donors (Lipinski definition) is 0. The zero-order valence-corrected chi connectivity index (χ0v) is 4.94. The van der Waals surface area contributed by atoms with E-state index in [1.165, 1.54) is 0 Å². The SMILES string of the molecule is CO[SiH2]OC.[H+]. The van der Waals surface area contributed by atoms with Gasteiger partial charge in [-0.3, -0.25) is 0 Å². The highest BCUT2D eigenvalue weighted by atomic mass is 28.3. The zero-order valence-electron chi connectivity index (χ0n) is 4.52. The smallest absolute Gasteiger partial charge is 0.402 e. The summed E-state index contributed by atoms with van der Waals surface area (Å²) in [6.45, 7) is 0. The van der Waals surface area contributed by atoms with Crippen LogP contribution in [0, 0.1) is 0 Å². The fourth-order valence-corrected chi connectivity index (χ4v) is 0.354. The molecule has 0 radical (unpaired) electrons. The Balaban J connectivity index is 0. The Bertz CT molecular complexity index is 19.0. The van der Waals surface area contributed by atoms with Crippen molar-refractivity contribution in [2.45, 2.75) is 0 Å². The van der Waals surface area contributed by atoms with E-state index in [2.05, 4.69) is 8.85 Å². The zero-order chi connectivity index (χ0) is 4.12. The number of rotatable bonds is 2. The van der Waals surface area contributed by atoms with Gasteiger partial charge in [-0.05, 0) is 0 Å². The molecule has 0 aromatic carbocycles. The molecule has 2 nitrogen and oxygen atoms in total. The van der Waals surface area contributed by atoms with Crippen LogP contribution in [0.3, 0.4) is 0 Å². The molecule has 0 aliphatic heterocycles. The monoisotopic (exact) mass is 93.0 g/mol. The summed E-state index contributed by atoms with van der Waals surface area (Å²) < 4.78 is 9.22. The molecule has 0 saturated heterocycles. The van der Waals surface area contributed by atoms with E-state index in [1.807, 2.05) is 0 Å². The van der Waals surface area contributed by atoms with Gasteiger partial charge in [0.25, 0.3) is 0 Å². The molecule has 0 fully saturated rings. The van der Waals surface area contributed by atoms with Gasteiger partial charge in [-0.25, -0.2) is 0 Å². The van der Waals surface area contributed by atoms with Gasteiger partial charge < -0.3 is 8.85 Å². The molecule has 0 aliphatic rings. The summed E-state index contributed by atoms with van der Waals surface area (Å²) in [5.74, 6) is 0. The Kier molecular flexibility index (Phi) is 4.25. The van der Waals surface area contributed by atoms with Crippen LogP contribution in [-0.2, 0) is 8.85 Å². The maximum atomic E-state index is 4.61. The van der Waals surface area contributed by atoms with Crippen molar-refractivity contribution in [1.82, 2.24) is 0 Å². The third-order valence-corrected chi connectivity index (χ3v) is 0.707. The van der Waals surface area contributed by atoms with E-state index in [1.54, 1.807) is 14.2 Å². The van der Waals surface area contributed by atoms with Gasteiger partial charge in [0.1, 0.15) is 0 Å². The maximum Gasteiger partial charge on any atom is 1.00 e. The van der Waals surface area contributed by atoms with Crippen LogP contribution in [-0.4, -0.2) is 24.2 Å².